The highest BCUT2D eigenvalue weighted by Gasteiger charge is 2.57. The third kappa shape index (κ3) is 5.59. The zero-order chi connectivity index (χ0) is 29.2. The van der Waals surface area contributed by atoms with Crippen molar-refractivity contribution in [1.82, 2.24) is 4.90 Å². The minimum Gasteiger partial charge on any atom is -0.461 e. The van der Waals surface area contributed by atoms with E-state index in [0.29, 0.717) is 29.8 Å². The summed E-state index contributed by atoms with van der Waals surface area (Å²) in [6, 6.07) is 19.3. The highest BCUT2D eigenvalue weighted by molar-refractivity contribution is 5.89. The average molecular weight is 576 g/mol. The second kappa shape index (κ2) is 12.2. The molecule has 2 aromatic rings. The Balaban J connectivity index is 1.22. The molecule has 1 spiro atoms. The monoisotopic (exact) mass is 575 g/mol. The van der Waals surface area contributed by atoms with E-state index in [1.165, 1.54) is 43.3 Å². The zero-order valence-corrected chi connectivity index (χ0v) is 24.6. The van der Waals surface area contributed by atoms with E-state index in [1.807, 2.05) is 43.4 Å². The molecule has 4 aliphatic rings. The van der Waals surface area contributed by atoms with Crippen molar-refractivity contribution in [1.29, 1.82) is 0 Å². The Morgan fingerprint density at radius 3 is 1.90 bits per heavy atom. The first kappa shape index (κ1) is 28.9. The van der Waals surface area contributed by atoms with Gasteiger partial charge in [0.25, 0.3) is 5.60 Å². The maximum Gasteiger partial charge on any atom is 0.360 e. The van der Waals surface area contributed by atoms with Gasteiger partial charge < -0.3 is 23.6 Å². The molecule has 2 aromatic carbocycles. The van der Waals surface area contributed by atoms with Crippen LogP contribution in [0.4, 0.5) is 0 Å². The van der Waals surface area contributed by atoms with E-state index < -0.39 is 23.5 Å². The van der Waals surface area contributed by atoms with Crippen LogP contribution in [0.5, 0.6) is 0 Å². The van der Waals surface area contributed by atoms with Crippen molar-refractivity contribution in [2.75, 3.05) is 33.2 Å². The van der Waals surface area contributed by atoms with Crippen LogP contribution in [0.3, 0.4) is 0 Å². The predicted octanol–water partition coefficient (Wildman–Crippen LogP) is 4.35. The quantitative estimate of drug-likeness (QED) is 0.250. The molecule has 8 nitrogen and oxygen atoms in total. The Morgan fingerprint density at radius 1 is 0.786 bits per heavy atom. The van der Waals surface area contributed by atoms with Crippen LogP contribution >= 0.6 is 0 Å². The number of likely N-dealkylation sites (N-methyl/N-ethyl adjacent to an activating group) is 1. The topological polar surface area (TPSA) is 82.1 Å². The molecule has 4 saturated heterocycles. The van der Waals surface area contributed by atoms with E-state index in [1.54, 1.807) is 24.3 Å². The van der Waals surface area contributed by atoms with Crippen LogP contribution in [0.15, 0.2) is 60.7 Å². The number of nitrogens with zero attached hydrogens (tertiary/aromatic N) is 2. The molecule has 3 atom stereocenters. The van der Waals surface area contributed by atoms with Gasteiger partial charge in [0.1, 0.15) is 12.2 Å². The summed E-state index contributed by atoms with van der Waals surface area (Å²) in [5, 5.41) is 0. The van der Waals surface area contributed by atoms with Gasteiger partial charge in [0, 0.05) is 62.7 Å². The summed E-state index contributed by atoms with van der Waals surface area (Å²) in [7, 11) is 1.99. The van der Waals surface area contributed by atoms with Crippen molar-refractivity contribution < 1.29 is 33.1 Å². The van der Waals surface area contributed by atoms with Gasteiger partial charge in [0.2, 0.25) is 0 Å². The third-order valence-corrected chi connectivity index (χ3v) is 10.1. The molecule has 4 heterocycles. The van der Waals surface area contributed by atoms with Crippen LogP contribution in [0.25, 0.3) is 0 Å². The summed E-state index contributed by atoms with van der Waals surface area (Å²) in [4.78, 5) is 42.5. The van der Waals surface area contributed by atoms with Crippen molar-refractivity contribution in [2.45, 2.75) is 87.7 Å². The number of esters is 3. The Kier molecular flexibility index (Phi) is 8.37. The standard InChI is InChI=1S/C34H43N2O6/c1-35-19-18-29(24-35)40-31(37)16-17-32(38)42-34(25-10-4-2-5-11-25,26-12-6-3-7-13-26)33(39)41-30-22-27-14-15-28(23-30)36(27)20-8-9-21-36/h2-7,10-13,27-30H,8-9,14-24H2,1H3/q+1. The first-order valence-corrected chi connectivity index (χ1v) is 15.7. The second-order valence-electron chi connectivity index (χ2n) is 12.7. The summed E-state index contributed by atoms with van der Waals surface area (Å²) >= 11 is 0. The molecular formula is C34H43N2O6+. The minimum atomic E-state index is -1.78. The number of carbonyl (C=O) groups excluding carboxylic acids is 3. The number of quaternary nitrogens is 1. The molecule has 0 aromatic heterocycles. The van der Waals surface area contributed by atoms with Gasteiger partial charge in [-0.15, -0.1) is 0 Å². The van der Waals surface area contributed by atoms with Gasteiger partial charge in [-0.1, -0.05) is 60.7 Å². The number of likely N-dealkylation sites (tertiary alicyclic amines) is 1. The lowest BCUT2D eigenvalue weighted by atomic mass is 9.85. The molecule has 0 aliphatic carbocycles. The first-order chi connectivity index (χ1) is 20.4. The first-order valence-electron chi connectivity index (χ1n) is 15.7. The smallest absolute Gasteiger partial charge is 0.360 e. The molecule has 0 amide bonds. The summed E-state index contributed by atoms with van der Waals surface area (Å²) in [6.07, 6.45) is 6.73. The molecule has 0 N–H and O–H groups in total. The number of ether oxygens (including phenoxy) is 3. The lowest BCUT2D eigenvalue weighted by molar-refractivity contribution is -0.956. The summed E-state index contributed by atoms with van der Waals surface area (Å²) in [5.41, 5.74) is -0.741. The normalized spacial score (nSPS) is 26.7. The fraction of sp³-hybridized carbons (Fsp3) is 0.559. The molecule has 0 saturated carbocycles. The van der Waals surface area contributed by atoms with Gasteiger partial charge in [0.15, 0.2) is 0 Å². The van der Waals surface area contributed by atoms with Gasteiger partial charge in [-0.2, -0.15) is 0 Å². The summed E-state index contributed by atoms with van der Waals surface area (Å²) < 4.78 is 19.3. The molecular weight excluding hydrogens is 532 g/mol. The van der Waals surface area contributed by atoms with Gasteiger partial charge in [-0.25, -0.2) is 4.79 Å². The molecule has 3 unspecified atom stereocenters. The van der Waals surface area contributed by atoms with Crippen molar-refractivity contribution in [3.63, 3.8) is 0 Å². The van der Waals surface area contributed by atoms with E-state index in [-0.39, 0.29) is 25.0 Å². The Morgan fingerprint density at radius 2 is 1.36 bits per heavy atom. The van der Waals surface area contributed by atoms with Crippen LogP contribution in [0.2, 0.25) is 0 Å². The number of hydrogen-bond donors (Lipinski definition) is 0. The molecule has 2 bridgehead atoms. The Labute approximate surface area is 248 Å². The number of benzene rings is 2. The lowest BCUT2D eigenvalue weighted by Gasteiger charge is -2.47. The maximum atomic E-state index is 14.4. The van der Waals surface area contributed by atoms with E-state index in [9.17, 15) is 14.4 Å². The summed E-state index contributed by atoms with van der Waals surface area (Å²) in [5.74, 6) is -1.66. The van der Waals surface area contributed by atoms with Crippen molar-refractivity contribution >= 4 is 17.9 Å². The number of hydrogen-bond acceptors (Lipinski definition) is 7. The third-order valence-electron chi connectivity index (χ3n) is 10.1. The fourth-order valence-corrected chi connectivity index (χ4v) is 8.11. The minimum absolute atomic E-state index is 0.111. The number of rotatable bonds is 9. The van der Waals surface area contributed by atoms with E-state index in [2.05, 4.69) is 4.90 Å². The van der Waals surface area contributed by atoms with Crippen molar-refractivity contribution in [3.05, 3.63) is 71.8 Å². The molecule has 6 rings (SSSR count). The maximum absolute atomic E-state index is 14.4. The summed E-state index contributed by atoms with van der Waals surface area (Å²) in [6.45, 7) is 4.05. The van der Waals surface area contributed by atoms with E-state index in [4.69, 9.17) is 14.2 Å². The largest absolute Gasteiger partial charge is 0.461 e. The van der Waals surface area contributed by atoms with E-state index in [0.717, 1.165) is 25.8 Å². The Bertz CT molecular complexity index is 1210. The van der Waals surface area contributed by atoms with Crippen molar-refractivity contribution in [2.24, 2.45) is 0 Å². The molecule has 0 radical (unpaired) electrons. The van der Waals surface area contributed by atoms with Crippen LogP contribution in [0, 0.1) is 0 Å². The predicted molar refractivity (Wildman–Crippen MR) is 156 cm³/mol. The van der Waals surface area contributed by atoms with Gasteiger partial charge in [0.05, 0.1) is 38.0 Å². The fourth-order valence-electron chi connectivity index (χ4n) is 8.11. The highest BCUT2D eigenvalue weighted by Crippen LogP contribution is 2.47. The molecule has 8 heteroatoms. The van der Waals surface area contributed by atoms with Crippen LogP contribution in [-0.4, -0.2) is 84.8 Å². The van der Waals surface area contributed by atoms with Crippen molar-refractivity contribution in [3.8, 4) is 0 Å². The molecule has 4 aliphatic heterocycles. The van der Waals surface area contributed by atoms with Crippen LogP contribution < -0.4 is 0 Å². The Hall–Kier alpha value is -3.23. The van der Waals surface area contributed by atoms with E-state index >= 15 is 0 Å². The van der Waals surface area contributed by atoms with Gasteiger partial charge >= 0.3 is 17.9 Å². The molecule has 42 heavy (non-hydrogen) atoms. The highest BCUT2D eigenvalue weighted by atomic mass is 16.6. The second-order valence-corrected chi connectivity index (χ2v) is 12.7. The number of carbonyl (C=O) groups is 3. The van der Waals surface area contributed by atoms with Gasteiger partial charge in [-0.3, -0.25) is 9.59 Å². The van der Waals surface area contributed by atoms with Gasteiger partial charge in [-0.05, 0) is 13.5 Å². The SMILES string of the molecule is CN1CCC(OC(=O)CCC(=O)OC(C(=O)OC2CC3CCC(C2)[N+]32CCCC2)(c2ccccc2)c2ccccc2)C1. The van der Waals surface area contributed by atoms with Crippen LogP contribution in [0.1, 0.15) is 68.9 Å². The zero-order valence-electron chi connectivity index (χ0n) is 24.6. The molecule has 4 fully saturated rings. The average Bonchev–Trinajstić information content (AvgIpc) is 3.69. The number of piperidine rings is 1. The molecule has 224 valence electrons. The van der Waals surface area contributed by atoms with Crippen LogP contribution in [-0.2, 0) is 34.2 Å². The lowest BCUT2D eigenvalue weighted by Crippen LogP contribution is -2.60.